The van der Waals surface area contributed by atoms with Gasteiger partial charge in [0, 0.05) is 18.8 Å². The van der Waals surface area contributed by atoms with Gasteiger partial charge in [-0.15, -0.1) is 0 Å². The lowest BCUT2D eigenvalue weighted by Crippen LogP contribution is -2.48. The first-order chi connectivity index (χ1) is 12.3. The number of rotatable bonds is 2. The van der Waals surface area contributed by atoms with E-state index in [0.717, 1.165) is 12.5 Å². The molecule has 0 amide bonds. The van der Waals surface area contributed by atoms with Crippen molar-refractivity contribution in [3.05, 3.63) is 29.3 Å². The summed E-state index contributed by atoms with van der Waals surface area (Å²) in [7, 11) is 9.10. The van der Waals surface area contributed by atoms with Crippen LogP contribution in [0.4, 0.5) is 18.9 Å². The maximum absolute atomic E-state index is 13.1. The van der Waals surface area contributed by atoms with Crippen molar-refractivity contribution in [3.8, 4) is 6.07 Å². The standard InChI is InChI=1S/C17H21F3N2O.Cl2OS/c1-16(2)7-6-13(23)9-15(16)22(3)12-5-4-11(10-21)14(8-12)17(18,19)20;1-4(2)3/h4-5,8,13,15,23H,6-7,9H2,1-3H3;. The molecule has 1 aliphatic carbocycles. The predicted octanol–water partition coefficient (Wildman–Crippen LogP) is 5.00. The van der Waals surface area contributed by atoms with Crippen molar-refractivity contribution in [3.63, 3.8) is 0 Å². The highest BCUT2D eigenvalue weighted by Crippen LogP contribution is 2.41. The summed E-state index contributed by atoms with van der Waals surface area (Å²) in [6.07, 6.45) is -2.96. The molecule has 0 bridgehead atoms. The Morgan fingerprint density at radius 3 is 2.41 bits per heavy atom. The van der Waals surface area contributed by atoms with Crippen molar-refractivity contribution in [2.75, 3.05) is 11.9 Å². The average molecular weight is 445 g/mol. The number of aliphatic hydroxyl groups is 1. The largest absolute Gasteiger partial charge is 0.582 e. The van der Waals surface area contributed by atoms with Gasteiger partial charge in [-0.2, -0.15) is 18.4 Å². The molecule has 10 heteroatoms. The van der Waals surface area contributed by atoms with Crippen LogP contribution in [0.25, 0.3) is 0 Å². The SMILES string of the molecule is CN(c1ccc(C#N)c(C(F)(F)F)c1)C1CC(O)CCC1(C)C.[O-][S+](Cl)Cl. The summed E-state index contributed by atoms with van der Waals surface area (Å²) >= 11 is 0. The van der Waals surface area contributed by atoms with Crippen molar-refractivity contribution in [1.29, 1.82) is 5.26 Å². The normalized spacial score (nSPS) is 21.9. The predicted molar refractivity (Wildman–Crippen MR) is 102 cm³/mol. The van der Waals surface area contributed by atoms with Crippen molar-refractivity contribution in [2.45, 2.75) is 51.4 Å². The highest BCUT2D eigenvalue weighted by molar-refractivity contribution is 8.31. The number of nitriles is 1. The Morgan fingerprint density at radius 1 is 1.37 bits per heavy atom. The molecule has 1 fully saturated rings. The summed E-state index contributed by atoms with van der Waals surface area (Å²) in [4.78, 5) is 1.79. The number of aliphatic hydroxyl groups excluding tert-OH is 1. The Balaban J connectivity index is 0.000000828. The van der Waals surface area contributed by atoms with Crippen LogP contribution in [0.15, 0.2) is 18.2 Å². The number of hydrogen-bond acceptors (Lipinski definition) is 4. The van der Waals surface area contributed by atoms with Crippen LogP contribution in [-0.4, -0.2) is 28.9 Å². The summed E-state index contributed by atoms with van der Waals surface area (Å²) in [5, 5.41) is 18.8. The van der Waals surface area contributed by atoms with Crippen molar-refractivity contribution < 1.29 is 22.8 Å². The first kappa shape index (κ1) is 24.2. The lowest BCUT2D eigenvalue weighted by Gasteiger charge is -2.46. The third-order valence-electron chi connectivity index (χ3n) is 4.82. The number of halogens is 5. The smallest absolute Gasteiger partial charge is 0.417 e. The molecule has 0 saturated heterocycles. The number of anilines is 1. The van der Waals surface area contributed by atoms with Crippen molar-refractivity contribution >= 4 is 36.7 Å². The number of benzene rings is 1. The Labute approximate surface area is 169 Å². The Morgan fingerprint density at radius 2 is 1.93 bits per heavy atom. The van der Waals surface area contributed by atoms with E-state index in [9.17, 15) is 18.3 Å². The van der Waals surface area contributed by atoms with Crippen LogP contribution in [0.2, 0.25) is 0 Å². The molecule has 2 rings (SSSR count). The lowest BCUT2D eigenvalue weighted by molar-refractivity contribution is -0.137. The first-order valence-electron chi connectivity index (χ1n) is 8.06. The topological polar surface area (TPSA) is 70.3 Å². The molecule has 152 valence electrons. The molecule has 1 aromatic carbocycles. The molecule has 2 unspecified atom stereocenters. The van der Waals surface area contributed by atoms with E-state index in [1.807, 2.05) is 0 Å². The molecule has 2 atom stereocenters. The molecule has 1 aliphatic rings. The second-order valence-corrected chi connectivity index (χ2v) is 9.59. The molecule has 1 N–H and O–H groups in total. The molecule has 0 aromatic heterocycles. The molecule has 1 saturated carbocycles. The van der Waals surface area contributed by atoms with Gasteiger partial charge >= 0.3 is 6.18 Å². The van der Waals surface area contributed by atoms with E-state index in [0.29, 0.717) is 18.5 Å². The number of nitrogens with zero attached hydrogens (tertiary/aromatic N) is 2. The minimum absolute atomic E-state index is 0.0692. The second-order valence-electron chi connectivity index (χ2n) is 7.07. The Kier molecular flexibility index (Phi) is 8.57. The molecule has 0 spiro atoms. The molecule has 0 heterocycles. The van der Waals surface area contributed by atoms with Crippen molar-refractivity contribution in [1.82, 2.24) is 0 Å². The van der Waals surface area contributed by atoms with E-state index in [1.165, 1.54) is 12.1 Å². The molecule has 0 aliphatic heterocycles. The highest BCUT2D eigenvalue weighted by atomic mass is 36.0. The number of hydrogen-bond donors (Lipinski definition) is 1. The third-order valence-corrected chi connectivity index (χ3v) is 4.82. The fourth-order valence-corrected chi connectivity index (χ4v) is 3.35. The van der Waals surface area contributed by atoms with Crippen LogP contribution in [0, 0.1) is 16.7 Å². The van der Waals surface area contributed by atoms with Gasteiger partial charge in [-0.1, -0.05) is 13.8 Å². The van der Waals surface area contributed by atoms with Gasteiger partial charge in [-0.05, 0) is 42.9 Å². The van der Waals surface area contributed by atoms with Gasteiger partial charge in [0.2, 0.25) is 0 Å². The molecular weight excluding hydrogens is 424 g/mol. The van der Waals surface area contributed by atoms with Gasteiger partial charge in [-0.3, -0.25) is 0 Å². The van der Waals surface area contributed by atoms with Crippen molar-refractivity contribution in [2.24, 2.45) is 5.41 Å². The Hall–Kier alpha value is -0.850. The minimum atomic E-state index is -4.57. The van der Waals surface area contributed by atoms with Gasteiger partial charge in [0.05, 0.1) is 23.3 Å². The Bertz CT molecular complexity index is 678. The quantitative estimate of drug-likeness (QED) is 0.651. The molecule has 27 heavy (non-hydrogen) atoms. The summed E-state index contributed by atoms with van der Waals surface area (Å²) < 4.78 is 48.5. The van der Waals surface area contributed by atoms with E-state index in [4.69, 9.17) is 9.81 Å². The average Bonchev–Trinajstić information content (AvgIpc) is 2.54. The first-order valence-corrected chi connectivity index (χ1v) is 10.9. The van der Waals surface area contributed by atoms with E-state index in [1.54, 1.807) is 18.0 Å². The highest BCUT2D eigenvalue weighted by Gasteiger charge is 2.39. The van der Waals surface area contributed by atoms with Crippen LogP contribution >= 0.6 is 21.4 Å². The second kappa shape index (κ2) is 9.57. The summed E-state index contributed by atoms with van der Waals surface area (Å²) in [6, 6.07) is 5.29. The van der Waals surface area contributed by atoms with E-state index in [2.05, 4.69) is 35.2 Å². The van der Waals surface area contributed by atoms with Crippen LogP contribution in [0.3, 0.4) is 0 Å². The van der Waals surface area contributed by atoms with Gasteiger partial charge < -0.3 is 14.6 Å². The maximum Gasteiger partial charge on any atom is 0.417 e. The zero-order valence-electron chi connectivity index (χ0n) is 15.1. The third kappa shape index (κ3) is 6.91. The van der Waals surface area contributed by atoms with Crippen LogP contribution in [0.1, 0.15) is 44.2 Å². The monoisotopic (exact) mass is 444 g/mol. The van der Waals surface area contributed by atoms with E-state index < -0.39 is 27.4 Å². The van der Waals surface area contributed by atoms with Crippen LogP contribution < -0.4 is 4.90 Å². The fraction of sp³-hybridized carbons (Fsp3) is 0.588. The van der Waals surface area contributed by atoms with Gasteiger partial charge in [0.15, 0.2) is 31.0 Å². The summed E-state index contributed by atoms with van der Waals surface area (Å²) in [5.41, 5.74) is -1.00. The summed E-state index contributed by atoms with van der Waals surface area (Å²) in [6.45, 7) is 4.13. The maximum atomic E-state index is 13.1. The van der Waals surface area contributed by atoms with E-state index in [-0.39, 0.29) is 17.0 Å². The van der Waals surface area contributed by atoms with Gasteiger partial charge in [0.25, 0.3) is 0 Å². The molecule has 4 nitrogen and oxygen atoms in total. The van der Waals surface area contributed by atoms with Gasteiger partial charge in [0.1, 0.15) is 0 Å². The minimum Gasteiger partial charge on any atom is -0.582 e. The van der Waals surface area contributed by atoms with Gasteiger partial charge in [-0.25, -0.2) is 0 Å². The van der Waals surface area contributed by atoms with Crippen LogP contribution in [-0.2, 0) is 15.8 Å². The zero-order chi connectivity index (χ0) is 21.0. The molecular formula is C17H21Cl2F3N2O2S. The zero-order valence-corrected chi connectivity index (χ0v) is 17.4. The molecule has 0 radical (unpaired) electrons. The fourth-order valence-electron chi connectivity index (χ4n) is 3.35. The lowest BCUT2D eigenvalue weighted by atomic mass is 9.71. The number of alkyl halides is 3. The molecule has 1 aromatic rings. The van der Waals surface area contributed by atoms with E-state index >= 15 is 0 Å². The van der Waals surface area contributed by atoms with Crippen LogP contribution in [0.5, 0.6) is 0 Å². The summed E-state index contributed by atoms with van der Waals surface area (Å²) in [5.74, 6) is 0.